The first-order chi connectivity index (χ1) is 19.8. The smallest absolute Gasteiger partial charge is 0.317 e. The van der Waals surface area contributed by atoms with Gasteiger partial charge in [0, 0.05) is 0 Å². The van der Waals surface area contributed by atoms with Crippen LogP contribution in [-0.2, 0) is 19.1 Å². The molecule has 2 unspecified atom stereocenters. The minimum absolute atomic E-state index is 0.274. The maximum Gasteiger partial charge on any atom is 0.317 e. The molecular formula is C34H42N4O4. The molecule has 2 aromatic carbocycles. The van der Waals surface area contributed by atoms with Crippen molar-refractivity contribution in [1.29, 1.82) is 0 Å². The van der Waals surface area contributed by atoms with Crippen LogP contribution in [0.2, 0.25) is 0 Å². The summed E-state index contributed by atoms with van der Waals surface area (Å²) in [5.74, 6) is -0.311. The van der Waals surface area contributed by atoms with E-state index in [1.807, 2.05) is 79.7 Å². The SMILES string of the molecule is CCOC(=O)C(c1ncc(-c2ccc(-c3ccc(-c4cnc(C(C(=O)OCC)C(C)(C)C)[nH]4)cc3)cc2)[nH]1)C(C)(C)C. The van der Waals surface area contributed by atoms with E-state index in [2.05, 4.69) is 44.2 Å². The van der Waals surface area contributed by atoms with Gasteiger partial charge in [0.05, 0.1) is 37.0 Å². The zero-order valence-electron chi connectivity index (χ0n) is 25.9. The fourth-order valence-electron chi connectivity index (χ4n) is 5.15. The van der Waals surface area contributed by atoms with Crippen LogP contribution in [-0.4, -0.2) is 45.1 Å². The van der Waals surface area contributed by atoms with Crippen molar-refractivity contribution in [3.05, 3.63) is 72.6 Å². The molecule has 0 radical (unpaired) electrons. The number of hydrogen-bond acceptors (Lipinski definition) is 6. The highest BCUT2D eigenvalue weighted by Gasteiger charge is 2.37. The molecule has 0 aliphatic rings. The molecule has 42 heavy (non-hydrogen) atoms. The van der Waals surface area contributed by atoms with Crippen molar-refractivity contribution < 1.29 is 19.1 Å². The molecule has 2 atom stereocenters. The van der Waals surface area contributed by atoms with Gasteiger partial charge in [-0.3, -0.25) is 9.59 Å². The maximum atomic E-state index is 12.7. The van der Waals surface area contributed by atoms with Crippen molar-refractivity contribution in [2.24, 2.45) is 10.8 Å². The third-order valence-corrected chi connectivity index (χ3v) is 7.24. The Morgan fingerprint density at radius 3 is 1.21 bits per heavy atom. The van der Waals surface area contributed by atoms with Crippen LogP contribution < -0.4 is 0 Å². The summed E-state index contributed by atoms with van der Waals surface area (Å²) in [5.41, 5.74) is 5.10. The summed E-state index contributed by atoms with van der Waals surface area (Å²) in [6, 6.07) is 16.4. The average Bonchev–Trinajstić information content (AvgIpc) is 3.58. The second-order valence-corrected chi connectivity index (χ2v) is 12.6. The first-order valence-corrected chi connectivity index (χ1v) is 14.5. The van der Waals surface area contributed by atoms with Crippen molar-refractivity contribution in [2.75, 3.05) is 13.2 Å². The van der Waals surface area contributed by atoms with Crippen molar-refractivity contribution >= 4 is 11.9 Å². The monoisotopic (exact) mass is 570 g/mol. The molecule has 2 aromatic heterocycles. The van der Waals surface area contributed by atoms with Gasteiger partial charge in [-0.15, -0.1) is 0 Å². The Balaban J connectivity index is 1.51. The van der Waals surface area contributed by atoms with Gasteiger partial charge in [0.2, 0.25) is 0 Å². The van der Waals surface area contributed by atoms with E-state index in [0.29, 0.717) is 24.9 Å². The predicted octanol–water partition coefficient (Wildman–Crippen LogP) is 7.52. The number of rotatable bonds is 9. The highest BCUT2D eigenvalue weighted by atomic mass is 16.5. The van der Waals surface area contributed by atoms with Gasteiger partial charge in [0.1, 0.15) is 23.5 Å². The summed E-state index contributed by atoms with van der Waals surface area (Å²) in [4.78, 5) is 41.1. The van der Waals surface area contributed by atoms with Gasteiger partial charge < -0.3 is 19.4 Å². The minimum atomic E-state index is -0.487. The van der Waals surface area contributed by atoms with Gasteiger partial charge in [-0.25, -0.2) is 9.97 Å². The average molecular weight is 571 g/mol. The van der Waals surface area contributed by atoms with E-state index in [4.69, 9.17) is 9.47 Å². The Labute approximate surface area is 248 Å². The normalized spacial score (nSPS) is 13.4. The lowest BCUT2D eigenvalue weighted by Crippen LogP contribution is -2.29. The number of carbonyl (C=O) groups is 2. The van der Waals surface area contributed by atoms with Gasteiger partial charge in [-0.1, -0.05) is 90.1 Å². The summed E-state index contributed by atoms with van der Waals surface area (Å²) in [6.45, 7) is 16.3. The third kappa shape index (κ3) is 6.81. The number of carbonyl (C=O) groups excluding carboxylic acids is 2. The fraction of sp³-hybridized carbons (Fsp3) is 0.412. The van der Waals surface area contributed by atoms with Crippen molar-refractivity contribution in [3.63, 3.8) is 0 Å². The summed E-state index contributed by atoms with van der Waals surface area (Å²) in [6.07, 6.45) is 3.53. The number of nitrogens with zero attached hydrogens (tertiary/aromatic N) is 2. The Bertz CT molecular complexity index is 1390. The number of ether oxygens (including phenoxy) is 2. The van der Waals surface area contributed by atoms with E-state index in [0.717, 1.165) is 33.6 Å². The number of H-pyrrole nitrogens is 2. The van der Waals surface area contributed by atoms with Crippen LogP contribution in [0, 0.1) is 10.8 Å². The van der Waals surface area contributed by atoms with E-state index in [-0.39, 0.29) is 22.8 Å². The van der Waals surface area contributed by atoms with Crippen molar-refractivity contribution in [1.82, 2.24) is 19.9 Å². The molecule has 2 N–H and O–H groups in total. The summed E-state index contributed by atoms with van der Waals surface area (Å²) < 4.78 is 10.6. The lowest BCUT2D eigenvalue weighted by Gasteiger charge is -2.27. The largest absolute Gasteiger partial charge is 0.465 e. The Hall–Kier alpha value is -4.20. The van der Waals surface area contributed by atoms with Crippen LogP contribution >= 0.6 is 0 Å². The zero-order valence-corrected chi connectivity index (χ0v) is 25.9. The summed E-state index contributed by atoms with van der Waals surface area (Å²) in [7, 11) is 0. The van der Waals surface area contributed by atoms with Gasteiger partial charge in [-0.05, 0) is 46.9 Å². The maximum absolute atomic E-state index is 12.7. The highest BCUT2D eigenvalue weighted by Crippen LogP contribution is 2.37. The van der Waals surface area contributed by atoms with Gasteiger partial charge in [0.25, 0.3) is 0 Å². The Morgan fingerprint density at radius 2 is 0.929 bits per heavy atom. The Kier molecular flexibility index (Phi) is 9.04. The number of hydrogen-bond donors (Lipinski definition) is 2. The predicted molar refractivity (Wildman–Crippen MR) is 165 cm³/mol. The second kappa shape index (κ2) is 12.3. The van der Waals surface area contributed by atoms with Crippen molar-refractivity contribution in [2.45, 2.75) is 67.2 Å². The number of imidazole rings is 2. The molecule has 4 aromatic rings. The fourth-order valence-corrected chi connectivity index (χ4v) is 5.15. The molecule has 8 nitrogen and oxygen atoms in total. The number of esters is 2. The minimum Gasteiger partial charge on any atom is -0.465 e. The molecule has 2 heterocycles. The van der Waals surface area contributed by atoms with E-state index < -0.39 is 11.8 Å². The van der Waals surface area contributed by atoms with Gasteiger partial charge in [-0.2, -0.15) is 0 Å². The molecule has 0 aliphatic heterocycles. The molecule has 0 saturated heterocycles. The molecule has 0 amide bonds. The molecule has 0 aliphatic carbocycles. The van der Waals surface area contributed by atoms with Crippen LogP contribution in [0.1, 0.15) is 78.9 Å². The number of nitrogens with one attached hydrogen (secondary N) is 2. The molecule has 222 valence electrons. The molecule has 0 saturated carbocycles. The van der Waals surface area contributed by atoms with Gasteiger partial charge in [0.15, 0.2) is 0 Å². The van der Waals surface area contributed by atoms with Crippen LogP contribution in [0.15, 0.2) is 60.9 Å². The van der Waals surface area contributed by atoms with E-state index in [1.165, 1.54) is 0 Å². The van der Waals surface area contributed by atoms with Crippen LogP contribution in [0.25, 0.3) is 33.6 Å². The van der Waals surface area contributed by atoms with E-state index in [1.54, 1.807) is 12.4 Å². The van der Waals surface area contributed by atoms with Crippen molar-refractivity contribution in [3.8, 4) is 33.6 Å². The van der Waals surface area contributed by atoms with Crippen LogP contribution in [0.3, 0.4) is 0 Å². The summed E-state index contributed by atoms with van der Waals surface area (Å²) >= 11 is 0. The lowest BCUT2D eigenvalue weighted by atomic mass is 9.80. The highest BCUT2D eigenvalue weighted by molar-refractivity contribution is 5.79. The zero-order chi connectivity index (χ0) is 30.7. The number of aromatic nitrogens is 4. The lowest BCUT2D eigenvalue weighted by molar-refractivity contribution is -0.149. The van der Waals surface area contributed by atoms with Crippen LogP contribution in [0.4, 0.5) is 0 Å². The third-order valence-electron chi connectivity index (χ3n) is 7.24. The standard InChI is InChI=1S/C34H42N4O4/c1-9-41-31(39)27(33(3,4)5)29-35-19-25(37-29)23-15-11-21(12-16-23)22-13-17-24(18-14-22)26-20-36-30(38-26)28(34(6,7)8)32(40)42-10-2/h11-20,27-28H,9-10H2,1-8H3,(H,35,37)(H,36,38). The first kappa shape index (κ1) is 30.8. The van der Waals surface area contributed by atoms with Gasteiger partial charge >= 0.3 is 11.9 Å². The quantitative estimate of drug-likeness (QED) is 0.201. The molecule has 4 rings (SSSR count). The number of benzene rings is 2. The first-order valence-electron chi connectivity index (χ1n) is 14.5. The number of aromatic amines is 2. The summed E-state index contributed by atoms with van der Waals surface area (Å²) in [5, 5.41) is 0. The van der Waals surface area contributed by atoms with E-state index >= 15 is 0 Å². The Morgan fingerprint density at radius 1 is 0.619 bits per heavy atom. The molecule has 0 fully saturated rings. The van der Waals surface area contributed by atoms with Crippen LogP contribution in [0.5, 0.6) is 0 Å². The molecule has 0 bridgehead atoms. The molecular weight excluding hydrogens is 528 g/mol. The molecule has 0 spiro atoms. The second-order valence-electron chi connectivity index (χ2n) is 12.6. The van der Waals surface area contributed by atoms with E-state index in [9.17, 15) is 9.59 Å². The topological polar surface area (TPSA) is 110 Å². The molecule has 8 heteroatoms.